The fourth-order valence-electron chi connectivity index (χ4n) is 3.27. The summed E-state index contributed by atoms with van der Waals surface area (Å²) in [7, 11) is 0. The molecular weight excluding hydrogens is 284 g/mol. The maximum atomic E-state index is 12.5. The zero-order valence-corrected chi connectivity index (χ0v) is 12.5. The highest BCUT2D eigenvalue weighted by atomic mass is 35.5. The van der Waals surface area contributed by atoms with Crippen LogP contribution in [-0.2, 0) is 0 Å². The van der Waals surface area contributed by atoms with Crippen LogP contribution in [0.15, 0.2) is 30.3 Å². The van der Waals surface area contributed by atoms with Crippen molar-refractivity contribution in [3.05, 3.63) is 41.0 Å². The second kappa shape index (κ2) is 4.70. The number of halogens is 1. The normalized spacial score (nSPS) is 19.5. The van der Waals surface area contributed by atoms with Gasteiger partial charge in [-0.05, 0) is 49.1 Å². The summed E-state index contributed by atoms with van der Waals surface area (Å²) in [5.74, 6) is 0.804. The van der Waals surface area contributed by atoms with E-state index in [1.807, 2.05) is 24.3 Å². The summed E-state index contributed by atoms with van der Waals surface area (Å²) in [5, 5.41) is 4.34. The molecule has 0 spiro atoms. The maximum absolute atomic E-state index is 12.5. The van der Waals surface area contributed by atoms with Gasteiger partial charge in [0.25, 0.3) is 5.91 Å². The number of nitrogens with one attached hydrogen (secondary N) is 1. The van der Waals surface area contributed by atoms with Gasteiger partial charge in [-0.3, -0.25) is 4.79 Å². The fraction of sp³-hybridized carbons (Fsp3) is 0.412. The molecule has 1 aromatic carbocycles. The van der Waals surface area contributed by atoms with Crippen molar-refractivity contribution < 1.29 is 4.79 Å². The van der Waals surface area contributed by atoms with Crippen molar-refractivity contribution in [1.82, 2.24) is 10.3 Å². The first-order valence-corrected chi connectivity index (χ1v) is 7.89. The number of aromatic nitrogens is 1. The van der Waals surface area contributed by atoms with Gasteiger partial charge in [-0.1, -0.05) is 29.8 Å². The average Bonchev–Trinajstić information content (AvgIpc) is 3.37. The first-order valence-electron chi connectivity index (χ1n) is 7.51. The van der Waals surface area contributed by atoms with Gasteiger partial charge in [0.05, 0.1) is 11.1 Å². The minimum atomic E-state index is -0.0394. The molecule has 2 aliphatic carbocycles. The predicted octanol–water partition coefficient (Wildman–Crippen LogP) is 3.81. The molecule has 2 aliphatic rings. The zero-order chi connectivity index (χ0) is 14.4. The van der Waals surface area contributed by atoms with Gasteiger partial charge >= 0.3 is 0 Å². The Hall–Kier alpha value is -1.61. The molecule has 21 heavy (non-hydrogen) atoms. The molecule has 2 saturated carbocycles. The molecule has 0 radical (unpaired) electrons. The van der Waals surface area contributed by atoms with E-state index in [9.17, 15) is 4.79 Å². The zero-order valence-electron chi connectivity index (χ0n) is 11.7. The third kappa shape index (κ3) is 2.40. The number of carbonyl (C=O) groups excluding carboxylic acids is 1. The summed E-state index contributed by atoms with van der Waals surface area (Å²) in [6, 6.07) is 9.28. The largest absolute Gasteiger partial charge is 0.351 e. The number of pyridine rings is 1. The van der Waals surface area contributed by atoms with Crippen LogP contribution in [0.3, 0.4) is 0 Å². The molecule has 1 heterocycles. The summed E-state index contributed by atoms with van der Waals surface area (Å²) < 4.78 is 0. The van der Waals surface area contributed by atoms with Gasteiger partial charge in [-0.15, -0.1) is 0 Å². The van der Waals surface area contributed by atoms with E-state index in [1.54, 1.807) is 6.07 Å². The number of benzene rings is 1. The molecule has 2 aromatic rings. The van der Waals surface area contributed by atoms with Gasteiger partial charge < -0.3 is 5.32 Å². The van der Waals surface area contributed by atoms with Crippen LogP contribution in [0.5, 0.6) is 0 Å². The van der Waals surface area contributed by atoms with Crippen molar-refractivity contribution in [1.29, 1.82) is 0 Å². The van der Waals surface area contributed by atoms with Crippen LogP contribution >= 0.6 is 11.6 Å². The lowest BCUT2D eigenvalue weighted by Crippen LogP contribution is -2.31. The molecular formula is C17H17ClN2O. The number of rotatable bonds is 4. The highest BCUT2D eigenvalue weighted by molar-refractivity contribution is 6.30. The van der Waals surface area contributed by atoms with Gasteiger partial charge in [0.1, 0.15) is 5.15 Å². The fourth-order valence-corrected chi connectivity index (χ4v) is 3.47. The first-order chi connectivity index (χ1) is 10.2. The molecule has 108 valence electrons. The molecule has 0 unspecified atom stereocenters. The Morgan fingerprint density at radius 2 is 2.10 bits per heavy atom. The average molecular weight is 301 g/mol. The summed E-state index contributed by atoms with van der Waals surface area (Å²) in [4.78, 5) is 16.8. The van der Waals surface area contributed by atoms with Crippen molar-refractivity contribution >= 4 is 28.4 Å². The minimum absolute atomic E-state index is 0.0394. The number of hydrogen-bond donors (Lipinski definition) is 1. The predicted molar refractivity (Wildman–Crippen MR) is 83.5 cm³/mol. The Morgan fingerprint density at radius 1 is 1.33 bits per heavy atom. The van der Waals surface area contributed by atoms with Crippen LogP contribution < -0.4 is 5.32 Å². The van der Waals surface area contributed by atoms with Crippen molar-refractivity contribution in [3.8, 4) is 0 Å². The Kier molecular flexibility index (Phi) is 2.93. The van der Waals surface area contributed by atoms with E-state index in [-0.39, 0.29) is 5.91 Å². The van der Waals surface area contributed by atoms with Crippen LogP contribution in [0.4, 0.5) is 0 Å². The monoisotopic (exact) mass is 300 g/mol. The standard InChI is InChI=1S/C17H17ClN2O/c18-15-9-13(12-3-1-2-4-14(12)20-15)16(21)19-10-17(7-8-17)11-5-6-11/h1-4,9,11H,5-8,10H2,(H,19,21). The molecule has 1 amide bonds. The van der Waals surface area contributed by atoms with E-state index in [0.29, 0.717) is 16.1 Å². The Morgan fingerprint density at radius 3 is 2.81 bits per heavy atom. The maximum Gasteiger partial charge on any atom is 0.252 e. The summed E-state index contributed by atoms with van der Waals surface area (Å²) >= 11 is 6.04. The van der Waals surface area contributed by atoms with Crippen LogP contribution in [0.25, 0.3) is 10.9 Å². The van der Waals surface area contributed by atoms with Crippen LogP contribution in [-0.4, -0.2) is 17.4 Å². The summed E-state index contributed by atoms with van der Waals surface area (Å²) in [6.07, 6.45) is 5.19. The number of para-hydroxylation sites is 1. The molecule has 4 rings (SSSR count). The molecule has 1 aromatic heterocycles. The van der Waals surface area contributed by atoms with Gasteiger partial charge in [-0.2, -0.15) is 0 Å². The topological polar surface area (TPSA) is 42.0 Å². The van der Waals surface area contributed by atoms with E-state index in [0.717, 1.165) is 23.4 Å². The lowest BCUT2D eigenvalue weighted by Gasteiger charge is -2.15. The van der Waals surface area contributed by atoms with Gasteiger partial charge in [0.15, 0.2) is 0 Å². The number of carbonyl (C=O) groups is 1. The van der Waals surface area contributed by atoms with Crippen molar-refractivity contribution in [2.24, 2.45) is 11.3 Å². The van der Waals surface area contributed by atoms with Crippen molar-refractivity contribution in [2.75, 3.05) is 6.54 Å². The first kappa shape index (κ1) is 13.1. The minimum Gasteiger partial charge on any atom is -0.351 e. The molecule has 0 saturated heterocycles. The molecule has 0 bridgehead atoms. The number of fused-ring (bicyclic) bond motifs is 1. The lowest BCUT2D eigenvalue weighted by atomic mass is 10.0. The SMILES string of the molecule is O=C(NCC1(C2CC2)CC1)c1cc(Cl)nc2ccccc12. The highest BCUT2D eigenvalue weighted by Gasteiger charge is 2.53. The van der Waals surface area contributed by atoms with Crippen molar-refractivity contribution in [2.45, 2.75) is 25.7 Å². The van der Waals surface area contributed by atoms with E-state index in [1.165, 1.54) is 25.7 Å². The van der Waals surface area contributed by atoms with E-state index < -0.39 is 0 Å². The van der Waals surface area contributed by atoms with Crippen LogP contribution in [0, 0.1) is 11.3 Å². The second-order valence-corrected chi connectivity index (χ2v) is 6.72. The van der Waals surface area contributed by atoms with Crippen molar-refractivity contribution in [3.63, 3.8) is 0 Å². The van der Waals surface area contributed by atoms with Gasteiger partial charge in [0.2, 0.25) is 0 Å². The third-order valence-electron chi connectivity index (χ3n) is 4.87. The molecule has 1 N–H and O–H groups in total. The number of amides is 1. The van der Waals surface area contributed by atoms with Crippen LogP contribution in [0.2, 0.25) is 5.15 Å². The van der Waals surface area contributed by atoms with Crippen LogP contribution in [0.1, 0.15) is 36.0 Å². The Labute approximate surface area is 128 Å². The quantitative estimate of drug-likeness (QED) is 0.873. The Balaban J connectivity index is 1.59. The smallest absolute Gasteiger partial charge is 0.252 e. The number of nitrogens with zero attached hydrogens (tertiary/aromatic N) is 1. The summed E-state index contributed by atoms with van der Waals surface area (Å²) in [6.45, 7) is 0.796. The van der Waals surface area contributed by atoms with E-state index in [4.69, 9.17) is 11.6 Å². The van der Waals surface area contributed by atoms with E-state index in [2.05, 4.69) is 10.3 Å². The van der Waals surface area contributed by atoms with Gasteiger partial charge in [-0.25, -0.2) is 4.98 Å². The molecule has 2 fully saturated rings. The van der Waals surface area contributed by atoms with Gasteiger partial charge in [0, 0.05) is 11.9 Å². The summed E-state index contributed by atoms with van der Waals surface area (Å²) in [5.41, 5.74) is 1.79. The molecule has 0 aliphatic heterocycles. The lowest BCUT2D eigenvalue weighted by molar-refractivity contribution is 0.0944. The highest BCUT2D eigenvalue weighted by Crippen LogP contribution is 2.60. The molecule has 4 heteroatoms. The Bertz CT molecular complexity index is 720. The number of hydrogen-bond acceptors (Lipinski definition) is 2. The molecule has 0 atom stereocenters. The second-order valence-electron chi connectivity index (χ2n) is 6.33. The third-order valence-corrected chi connectivity index (χ3v) is 5.06. The van der Waals surface area contributed by atoms with E-state index >= 15 is 0 Å². The molecule has 3 nitrogen and oxygen atoms in total.